The van der Waals surface area contributed by atoms with Crippen LogP contribution in [0.25, 0.3) is 0 Å². The standard InChI is InChI=1S/C19H27N5O3S/c1-14-11-17(15(2)10-16(14)27-3)28(25,26)23-7-6-20-18-12-19(22-13-21-18)24-8-4-5-9-24/h10-13,23H,4-9H2,1-3H3,(H,20,21,22). The summed E-state index contributed by atoms with van der Waals surface area (Å²) in [6.45, 7) is 6.27. The summed E-state index contributed by atoms with van der Waals surface area (Å²) in [6, 6.07) is 5.27. The summed E-state index contributed by atoms with van der Waals surface area (Å²) in [5.74, 6) is 2.27. The molecule has 1 aromatic carbocycles. The highest BCUT2D eigenvalue weighted by Gasteiger charge is 2.18. The lowest BCUT2D eigenvalue weighted by molar-refractivity contribution is 0.411. The van der Waals surface area contributed by atoms with E-state index in [0.29, 0.717) is 23.7 Å². The van der Waals surface area contributed by atoms with E-state index in [2.05, 4.69) is 24.9 Å². The summed E-state index contributed by atoms with van der Waals surface area (Å²) in [6.07, 6.45) is 3.89. The van der Waals surface area contributed by atoms with Gasteiger partial charge in [-0.2, -0.15) is 0 Å². The van der Waals surface area contributed by atoms with Crippen LogP contribution in [0.4, 0.5) is 11.6 Å². The molecule has 1 aromatic heterocycles. The number of nitrogens with zero attached hydrogens (tertiary/aromatic N) is 3. The molecule has 9 heteroatoms. The van der Waals surface area contributed by atoms with Crippen molar-refractivity contribution in [3.63, 3.8) is 0 Å². The number of benzene rings is 1. The highest BCUT2D eigenvalue weighted by molar-refractivity contribution is 7.89. The molecule has 3 rings (SSSR count). The van der Waals surface area contributed by atoms with Crippen molar-refractivity contribution in [2.75, 3.05) is 43.5 Å². The predicted molar refractivity (Wildman–Crippen MR) is 110 cm³/mol. The molecule has 0 aliphatic carbocycles. The summed E-state index contributed by atoms with van der Waals surface area (Å²) >= 11 is 0. The number of sulfonamides is 1. The van der Waals surface area contributed by atoms with Gasteiger partial charge in [-0.05, 0) is 49.9 Å². The second kappa shape index (κ2) is 8.74. The number of ether oxygens (including phenoxy) is 1. The van der Waals surface area contributed by atoms with Crippen molar-refractivity contribution < 1.29 is 13.2 Å². The van der Waals surface area contributed by atoms with E-state index in [-0.39, 0.29) is 11.4 Å². The lowest BCUT2D eigenvalue weighted by Crippen LogP contribution is -2.29. The van der Waals surface area contributed by atoms with Gasteiger partial charge < -0.3 is 15.0 Å². The SMILES string of the molecule is COc1cc(C)c(S(=O)(=O)NCCNc2cc(N3CCCC3)ncn2)cc1C. The first-order valence-corrected chi connectivity index (χ1v) is 10.8. The maximum Gasteiger partial charge on any atom is 0.240 e. The number of rotatable bonds is 8. The van der Waals surface area contributed by atoms with Gasteiger partial charge in [-0.3, -0.25) is 0 Å². The number of methoxy groups -OCH3 is 1. The quantitative estimate of drug-likeness (QED) is 0.649. The Morgan fingerprint density at radius 1 is 1.07 bits per heavy atom. The van der Waals surface area contributed by atoms with E-state index in [1.165, 1.54) is 19.2 Å². The number of aromatic nitrogens is 2. The third-order valence-electron chi connectivity index (χ3n) is 4.79. The van der Waals surface area contributed by atoms with Crippen molar-refractivity contribution in [3.8, 4) is 5.75 Å². The third kappa shape index (κ3) is 4.71. The Morgan fingerprint density at radius 2 is 1.82 bits per heavy atom. The van der Waals surface area contributed by atoms with E-state index in [0.717, 1.165) is 24.5 Å². The van der Waals surface area contributed by atoms with E-state index in [1.54, 1.807) is 26.2 Å². The Balaban J connectivity index is 1.57. The molecule has 28 heavy (non-hydrogen) atoms. The second-order valence-electron chi connectivity index (χ2n) is 6.87. The highest BCUT2D eigenvalue weighted by Crippen LogP contribution is 2.25. The van der Waals surface area contributed by atoms with E-state index in [1.807, 2.05) is 13.0 Å². The zero-order valence-electron chi connectivity index (χ0n) is 16.5. The van der Waals surface area contributed by atoms with Crippen molar-refractivity contribution in [2.45, 2.75) is 31.6 Å². The monoisotopic (exact) mass is 405 g/mol. The van der Waals surface area contributed by atoms with Crippen LogP contribution in [-0.2, 0) is 10.0 Å². The van der Waals surface area contributed by atoms with E-state index in [9.17, 15) is 8.42 Å². The van der Waals surface area contributed by atoms with E-state index < -0.39 is 10.0 Å². The molecule has 8 nitrogen and oxygen atoms in total. The number of hydrogen-bond donors (Lipinski definition) is 2. The van der Waals surface area contributed by atoms with Crippen molar-refractivity contribution in [1.29, 1.82) is 0 Å². The normalized spacial score (nSPS) is 14.3. The van der Waals surface area contributed by atoms with Crippen molar-refractivity contribution in [2.24, 2.45) is 0 Å². The van der Waals surface area contributed by atoms with Crippen LogP contribution in [0.5, 0.6) is 5.75 Å². The van der Waals surface area contributed by atoms with Crippen LogP contribution in [0.15, 0.2) is 29.4 Å². The molecule has 152 valence electrons. The molecule has 2 N–H and O–H groups in total. The smallest absolute Gasteiger partial charge is 0.240 e. The maximum absolute atomic E-state index is 12.6. The third-order valence-corrected chi connectivity index (χ3v) is 6.39. The molecule has 1 aliphatic rings. The molecule has 0 radical (unpaired) electrons. The Morgan fingerprint density at radius 3 is 2.54 bits per heavy atom. The van der Waals surface area contributed by atoms with Gasteiger partial charge >= 0.3 is 0 Å². The molecule has 2 aromatic rings. The Hall–Kier alpha value is -2.39. The summed E-state index contributed by atoms with van der Waals surface area (Å²) in [4.78, 5) is 11.0. The van der Waals surface area contributed by atoms with Crippen molar-refractivity contribution in [3.05, 3.63) is 35.7 Å². The van der Waals surface area contributed by atoms with Crippen LogP contribution < -0.4 is 19.7 Å². The number of hydrogen-bond acceptors (Lipinski definition) is 7. The molecule has 0 atom stereocenters. The molecule has 1 aliphatic heterocycles. The molecule has 0 unspecified atom stereocenters. The summed E-state index contributed by atoms with van der Waals surface area (Å²) < 4.78 is 33.1. The van der Waals surface area contributed by atoms with Crippen molar-refractivity contribution in [1.82, 2.24) is 14.7 Å². The number of anilines is 2. The number of nitrogens with one attached hydrogen (secondary N) is 2. The largest absolute Gasteiger partial charge is 0.496 e. The Kier molecular flexibility index (Phi) is 6.35. The highest BCUT2D eigenvalue weighted by atomic mass is 32.2. The predicted octanol–water partition coefficient (Wildman–Crippen LogP) is 2.09. The fraction of sp³-hybridized carbons (Fsp3) is 0.474. The molecular formula is C19H27N5O3S. The molecule has 2 heterocycles. The molecule has 0 spiro atoms. The van der Waals surface area contributed by atoms with Crippen LogP contribution in [-0.4, -0.2) is 51.7 Å². The molecule has 0 saturated carbocycles. The van der Waals surface area contributed by atoms with Crippen LogP contribution >= 0.6 is 0 Å². The first-order valence-electron chi connectivity index (χ1n) is 9.36. The fourth-order valence-electron chi connectivity index (χ4n) is 3.29. The summed E-state index contributed by atoms with van der Waals surface area (Å²) in [5.41, 5.74) is 1.43. The molecular weight excluding hydrogens is 378 g/mol. The van der Waals surface area contributed by atoms with Crippen molar-refractivity contribution >= 4 is 21.7 Å². The minimum Gasteiger partial charge on any atom is -0.496 e. The van der Waals surface area contributed by atoms with Gasteiger partial charge in [0.2, 0.25) is 10.0 Å². The minimum atomic E-state index is -3.60. The number of aryl methyl sites for hydroxylation is 2. The Bertz CT molecular complexity index is 927. The van der Waals surface area contributed by atoms with Gasteiger partial charge in [0, 0.05) is 32.2 Å². The first kappa shape index (κ1) is 20.3. The fourth-order valence-corrected chi connectivity index (χ4v) is 4.63. The summed E-state index contributed by atoms with van der Waals surface area (Å²) in [7, 11) is -2.03. The topological polar surface area (TPSA) is 96.5 Å². The van der Waals surface area contributed by atoms with Crippen LogP contribution in [0.3, 0.4) is 0 Å². The lowest BCUT2D eigenvalue weighted by Gasteiger charge is -2.17. The van der Waals surface area contributed by atoms with Gasteiger partial charge in [-0.1, -0.05) is 0 Å². The molecule has 1 saturated heterocycles. The zero-order chi connectivity index (χ0) is 20.1. The molecule has 1 fully saturated rings. The minimum absolute atomic E-state index is 0.246. The lowest BCUT2D eigenvalue weighted by atomic mass is 10.1. The average molecular weight is 406 g/mol. The van der Waals surface area contributed by atoms with E-state index in [4.69, 9.17) is 4.74 Å². The molecule has 0 amide bonds. The van der Waals surface area contributed by atoms with Gasteiger partial charge in [-0.15, -0.1) is 0 Å². The van der Waals surface area contributed by atoms with E-state index >= 15 is 0 Å². The maximum atomic E-state index is 12.6. The second-order valence-corrected chi connectivity index (χ2v) is 8.60. The molecule has 0 bridgehead atoms. The van der Waals surface area contributed by atoms with Gasteiger partial charge in [-0.25, -0.2) is 23.1 Å². The van der Waals surface area contributed by atoms with Gasteiger partial charge in [0.25, 0.3) is 0 Å². The summed E-state index contributed by atoms with van der Waals surface area (Å²) in [5, 5.41) is 3.15. The zero-order valence-corrected chi connectivity index (χ0v) is 17.3. The van der Waals surface area contributed by atoms with Crippen LogP contribution in [0.2, 0.25) is 0 Å². The van der Waals surface area contributed by atoms with Gasteiger partial charge in [0.1, 0.15) is 23.7 Å². The first-order chi connectivity index (χ1) is 13.4. The van der Waals surface area contributed by atoms with Crippen LogP contribution in [0.1, 0.15) is 24.0 Å². The average Bonchev–Trinajstić information content (AvgIpc) is 3.22. The van der Waals surface area contributed by atoms with Crippen LogP contribution in [0, 0.1) is 13.8 Å². The van der Waals surface area contributed by atoms with Gasteiger partial charge in [0.15, 0.2) is 0 Å². The van der Waals surface area contributed by atoms with Gasteiger partial charge in [0.05, 0.1) is 12.0 Å². The Labute approximate surface area is 166 Å².